The third kappa shape index (κ3) is 5.32. The van der Waals surface area contributed by atoms with Crippen molar-refractivity contribution < 1.29 is 19.4 Å². The normalized spacial score (nSPS) is 10.5. The van der Waals surface area contributed by atoms with E-state index >= 15 is 0 Å². The van der Waals surface area contributed by atoms with E-state index in [1.807, 2.05) is 13.0 Å². The summed E-state index contributed by atoms with van der Waals surface area (Å²) in [6.45, 7) is 1.73. The van der Waals surface area contributed by atoms with Crippen LogP contribution in [0.5, 0.6) is 5.75 Å². The van der Waals surface area contributed by atoms with Gasteiger partial charge in [-0.05, 0) is 31.2 Å². The largest absolute Gasteiger partial charge is 0.484 e. The van der Waals surface area contributed by atoms with Crippen molar-refractivity contribution in [1.29, 1.82) is 0 Å². The van der Waals surface area contributed by atoms with Crippen molar-refractivity contribution in [2.75, 3.05) is 30.8 Å². The van der Waals surface area contributed by atoms with Gasteiger partial charge in [-0.25, -0.2) is 0 Å². The maximum Gasteiger partial charge on any atom is 0.281 e. The molecule has 0 aliphatic heterocycles. The Kier molecular flexibility index (Phi) is 6.60. The van der Waals surface area contributed by atoms with Gasteiger partial charge in [0.1, 0.15) is 5.75 Å². The molecule has 5 N–H and O–H groups in total. The van der Waals surface area contributed by atoms with Crippen molar-refractivity contribution in [2.45, 2.75) is 6.92 Å². The number of ether oxygens (including phenoxy) is 1. The molecule has 10 nitrogen and oxygen atoms in total. The summed E-state index contributed by atoms with van der Waals surface area (Å²) in [5, 5.41) is 18.3. The van der Waals surface area contributed by atoms with E-state index in [1.165, 1.54) is 0 Å². The molecule has 1 amide bonds. The van der Waals surface area contributed by atoms with Gasteiger partial charge in [-0.15, -0.1) is 5.10 Å². The molecule has 0 atom stereocenters. The molecule has 0 aliphatic carbocycles. The van der Waals surface area contributed by atoms with Gasteiger partial charge < -0.3 is 26.2 Å². The lowest BCUT2D eigenvalue weighted by atomic mass is 10.1. The van der Waals surface area contributed by atoms with E-state index in [0.29, 0.717) is 17.0 Å². The number of aromatic nitrogens is 3. The molecule has 156 valence electrons. The van der Waals surface area contributed by atoms with Crippen LogP contribution in [-0.4, -0.2) is 51.4 Å². The first-order chi connectivity index (χ1) is 14.5. The van der Waals surface area contributed by atoms with Crippen molar-refractivity contribution in [2.24, 2.45) is 0 Å². The van der Waals surface area contributed by atoms with Gasteiger partial charge in [-0.2, -0.15) is 9.67 Å². The molecule has 2 aromatic carbocycles. The maximum absolute atomic E-state index is 12.6. The van der Waals surface area contributed by atoms with Gasteiger partial charge in [-0.3, -0.25) is 9.59 Å². The van der Waals surface area contributed by atoms with Gasteiger partial charge in [-0.1, -0.05) is 23.8 Å². The molecule has 3 rings (SSSR count). The minimum Gasteiger partial charge on any atom is -0.484 e. The Morgan fingerprint density at radius 3 is 2.77 bits per heavy atom. The molecular weight excluding hydrogens is 388 g/mol. The second-order valence-electron chi connectivity index (χ2n) is 6.40. The van der Waals surface area contributed by atoms with E-state index in [4.69, 9.17) is 15.6 Å². The van der Waals surface area contributed by atoms with E-state index < -0.39 is 0 Å². The topological polar surface area (TPSA) is 144 Å². The van der Waals surface area contributed by atoms with Crippen LogP contribution in [0, 0.1) is 6.92 Å². The first-order valence-electron chi connectivity index (χ1n) is 9.17. The second kappa shape index (κ2) is 9.52. The number of hydrogen-bond acceptors (Lipinski definition) is 8. The van der Waals surface area contributed by atoms with E-state index in [9.17, 15) is 9.59 Å². The number of nitrogens with one attached hydrogen (secondary N) is 2. The highest BCUT2D eigenvalue weighted by molar-refractivity contribution is 5.97. The highest BCUT2D eigenvalue weighted by Gasteiger charge is 2.16. The predicted molar refractivity (Wildman–Crippen MR) is 111 cm³/mol. The summed E-state index contributed by atoms with van der Waals surface area (Å²) in [6.07, 6.45) is 0. The molecule has 3 aromatic rings. The van der Waals surface area contributed by atoms with Crippen LogP contribution in [0.25, 0.3) is 0 Å². The number of benzene rings is 2. The van der Waals surface area contributed by atoms with Crippen LogP contribution in [0.3, 0.4) is 0 Å². The maximum atomic E-state index is 12.6. The molecule has 0 saturated carbocycles. The number of aliphatic hydroxyl groups excluding tert-OH is 1. The zero-order valence-electron chi connectivity index (χ0n) is 16.3. The summed E-state index contributed by atoms with van der Waals surface area (Å²) in [4.78, 5) is 28.3. The number of anilines is 3. The average Bonchev–Trinajstić information content (AvgIpc) is 3.10. The van der Waals surface area contributed by atoms with E-state index in [0.717, 1.165) is 10.2 Å². The Hall–Kier alpha value is -3.92. The third-order valence-corrected chi connectivity index (χ3v) is 3.98. The molecule has 30 heavy (non-hydrogen) atoms. The van der Waals surface area contributed by atoms with Crippen LogP contribution in [0.1, 0.15) is 15.9 Å². The van der Waals surface area contributed by atoms with Crippen LogP contribution in [0.2, 0.25) is 0 Å². The van der Waals surface area contributed by atoms with E-state index in [-0.39, 0.29) is 43.5 Å². The van der Waals surface area contributed by atoms with Gasteiger partial charge in [0.05, 0.1) is 6.61 Å². The number of aryl methyl sites for hydroxylation is 1. The van der Waals surface area contributed by atoms with Gasteiger partial charge in [0, 0.05) is 23.9 Å². The second-order valence-corrected chi connectivity index (χ2v) is 6.40. The summed E-state index contributed by atoms with van der Waals surface area (Å²) in [6, 6.07) is 13.9. The summed E-state index contributed by atoms with van der Waals surface area (Å²) in [5.41, 5.74) is 7.85. The van der Waals surface area contributed by atoms with Crippen LogP contribution in [0.15, 0.2) is 48.5 Å². The first kappa shape index (κ1) is 20.8. The van der Waals surface area contributed by atoms with Crippen molar-refractivity contribution in [3.05, 3.63) is 59.7 Å². The molecule has 0 aliphatic rings. The zero-order chi connectivity index (χ0) is 21.5. The molecule has 1 heterocycles. The van der Waals surface area contributed by atoms with E-state index in [2.05, 4.69) is 20.7 Å². The third-order valence-electron chi connectivity index (χ3n) is 3.98. The molecule has 0 fully saturated rings. The molecule has 0 radical (unpaired) electrons. The molecule has 1 aromatic heterocycles. The number of nitrogens with zero attached hydrogens (tertiary/aromatic N) is 3. The smallest absolute Gasteiger partial charge is 0.281 e. The molecule has 0 unspecified atom stereocenters. The van der Waals surface area contributed by atoms with Gasteiger partial charge in [0.2, 0.25) is 11.9 Å². The van der Waals surface area contributed by atoms with Gasteiger partial charge in [0.25, 0.3) is 11.8 Å². The van der Waals surface area contributed by atoms with Crippen molar-refractivity contribution in [3.8, 4) is 5.75 Å². The summed E-state index contributed by atoms with van der Waals surface area (Å²) >= 11 is 0. The van der Waals surface area contributed by atoms with Crippen molar-refractivity contribution >= 4 is 29.4 Å². The Morgan fingerprint density at radius 1 is 1.20 bits per heavy atom. The number of hydrogen-bond donors (Lipinski definition) is 4. The number of aliphatic hydroxyl groups is 1. The standard InChI is InChI=1S/C20H22N6O4/c1-13-4-2-5-14(10-13)18(29)26-19(21)24-20(25-26)23-15-6-3-7-16(11-15)30-12-17(28)22-8-9-27/h2-7,10-11,27H,8-9,12H2,1H3,(H,22,28)(H3,21,23,24,25). The van der Waals surface area contributed by atoms with Crippen molar-refractivity contribution in [3.63, 3.8) is 0 Å². The highest BCUT2D eigenvalue weighted by atomic mass is 16.5. The number of carbonyl (C=O) groups excluding carboxylic acids is 2. The number of nitrogen functional groups attached to an aromatic ring is 1. The zero-order valence-corrected chi connectivity index (χ0v) is 16.3. The predicted octanol–water partition coefficient (Wildman–Crippen LogP) is 1.09. The summed E-state index contributed by atoms with van der Waals surface area (Å²) in [5.74, 6) is -0.182. The van der Waals surface area contributed by atoms with Crippen LogP contribution in [-0.2, 0) is 4.79 Å². The van der Waals surface area contributed by atoms with Gasteiger partial charge in [0.15, 0.2) is 6.61 Å². The fourth-order valence-electron chi connectivity index (χ4n) is 2.61. The quantitative estimate of drug-likeness (QED) is 0.432. The Balaban J connectivity index is 1.68. The molecule has 0 spiro atoms. The van der Waals surface area contributed by atoms with E-state index in [1.54, 1.807) is 42.5 Å². The van der Waals surface area contributed by atoms with Crippen LogP contribution < -0.4 is 21.1 Å². The Bertz CT molecular complexity index is 1050. The van der Waals surface area contributed by atoms with Crippen molar-refractivity contribution in [1.82, 2.24) is 20.1 Å². The number of carbonyl (C=O) groups is 2. The lowest BCUT2D eigenvalue weighted by Crippen LogP contribution is -2.31. The monoisotopic (exact) mass is 410 g/mol. The lowest BCUT2D eigenvalue weighted by molar-refractivity contribution is -0.123. The fraction of sp³-hybridized carbons (Fsp3) is 0.200. The number of rotatable bonds is 8. The molecule has 0 saturated heterocycles. The highest BCUT2D eigenvalue weighted by Crippen LogP contribution is 2.21. The molecular formula is C20H22N6O4. The number of nitrogens with two attached hydrogens (primary N) is 1. The summed E-state index contributed by atoms with van der Waals surface area (Å²) < 4.78 is 6.45. The minimum absolute atomic E-state index is 0.0445. The molecule has 0 bridgehead atoms. The Labute approximate surface area is 172 Å². The SMILES string of the molecule is Cc1cccc(C(=O)n2nc(Nc3cccc(OCC(=O)NCCO)c3)nc2N)c1. The summed E-state index contributed by atoms with van der Waals surface area (Å²) in [7, 11) is 0. The fourth-order valence-corrected chi connectivity index (χ4v) is 2.61. The lowest BCUT2D eigenvalue weighted by Gasteiger charge is -2.08. The first-order valence-corrected chi connectivity index (χ1v) is 9.17. The van der Waals surface area contributed by atoms with Crippen LogP contribution >= 0.6 is 0 Å². The molecule has 10 heteroatoms. The van der Waals surface area contributed by atoms with Gasteiger partial charge >= 0.3 is 0 Å². The Morgan fingerprint density at radius 2 is 2.00 bits per heavy atom. The average molecular weight is 410 g/mol. The minimum atomic E-state index is -0.386. The van der Waals surface area contributed by atoms with Crippen LogP contribution in [0.4, 0.5) is 17.6 Å². The number of amides is 1.